The third-order valence-corrected chi connectivity index (χ3v) is 5.32. The van der Waals surface area contributed by atoms with Crippen LogP contribution in [-0.2, 0) is 6.42 Å². The van der Waals surface area contributed by atoms with E-state index in [1.54, 1.807) is 11.3 Å². The van der Waals surface area contributed by atoms with Crippen molar-refractivity contribution in [3.05, 3.63) is 21.9 Å². The van der Waals surface area contributed by atoms with Gasteiger partial charge in [-0.05, 0) is 31.4 Å². The highest BCUT2D eigenvalue weighted by molar-refractivity contribution is 7.12. The zero-order valence-electron chi connectivity index (χ0n) is 11.0. The minimum atomic E-state index is -0.606. The van der Waals surface area contributed by atoms with Crippen LogP contribution in [0.1, 0.15) is 61.3 Å². The summed E-state index contributed by atoms with van der Waals surface area (Å²) >= 11 is 1.65. The number of hydrogen-bond acceptors (Lipinski definition) is 3. The van der Waals surface area contributed by atoms with E-state index in [0.717, 1.165) is 37.0 Å². The molecule has 18 heavy (non-hydrogen) atoms. The second-order valence-corrected chi connectivity index (χ2v) is 6.44. The maximum absolute atomic E-state index is 10.6. The largest absolute Gasteiger partial charge is 0.386 e. The Morgan fingerprint density at radius 3 is 2.50 bits per heavy atom. The van der Waals surface area contributed by atoms with Crippen molar-refractivity contribution in [1.82, 2.24) is 0 Å². The molecule has 3 heteroatoms. The highest BCUT2D eigenvalue weighted by atomic mass is 32.1. The molecule has 1 aliphatic carbocycles. The molecule has 1 saturated carbocycles. The van der Waals surface area contributed by atoms with Crippen molar-refractivity contribution in [2.24, 2.45) is 5.41 Å². The Labute approximate surface area is 113 Å². The van der Waals surface area contributed by atoms with Crippen molar-refractivity contribution in [2.75, 3.05) is 0 Å². The lowest BCUT2D eigenvalue weighted by atomic mass is 9.76. The first kappa shape index (κ1) is 13.6. The van der Waals surface area contributed by atoms with Gasteiger partial charge in [-0.25, -0.2) is 0 Å². The molecule has 2 rings (SSSR count). The van der Waals surface area contributed by atoms with Crippen molar-refractivity contribution in [1.29, 1.82) is 5.26 Å². The number of hydrogen-bond donors (Lipinski definition) is 1. The zero-order valence-corrected chi connectivity index (χ0v) is 11.8. The fourth-order valence-electron chi connectivity index (χ4n) is 2.81. The average molecular weight is 263 g/mol. The molecule has 0 aliphatic heterocycles. The fraction of sp³-hybridized carbons (Fsp3) is 0.667. The Bertz CT molecular complexity index is 424. The molecule has 1 N–H and O–H groups in total. The Balaban J connectivity index is 2.23. The third kappa shape index (κ3) is 2.60. The van der Waals surface area contributed by atoms with Gasteiger partial charge in [0.25, 0.3) is 0 Å². The fourth-order valence-corrected chi connectivity index (χ4v) is 3.87. The molecule has 0 bridgehead atoms. The van der Waals surface area contributed by atoms with Gasteiger partial charge < -0.3 is 5.11 Å². The van der Waals surface area contributed by atoms with Crippen LogP contribution in [0.4, 0.5) is 0 Å². The molecule has 0 radical (unpaired) electrons. The van der Waals surface area contributed by atoms with Gasteiger partial charge in [0, 0.05) is 9.75 Å². The van der Waals surface area contributed by atoms with E-state index < -0.39 is 11.5 Å². The van der Waals surface area contributed by atoms with Crippen molar-refractivity contribution in [2.45, 2.75) is 58.0 Å². The number of rotatable bonds is 3. The summed E-state index contributed by atoms with van der Waals surface area (Å²) < 4.78 is 0. The molecular weight excluding hydrogens is 242 g/mol. The standard InChI is InChI=1S/C15H21NOS/c1-2-12-7-8-13(18-12)14(17)15(11-16)9-5-3-4-6-10-15/h7-8,14,17H,2-6,9-10H2,1H3. The molecule has 98 valence electrons. The quantitative estimate of drug-likeness (QED) is 0.830. The predicted molar refractivity (Wildman–Crippen MR) is 74.4 cm³/mol. The lowest BCUT2D eigenvalue weighted by molar-refractivity contribution is 0.0546. The molecule has 1 heterocycles. The van der Waals surface area contributed by atoms with Gasteiger partial charge in [0.2, 0.25) is 0 Å². The summed E-state index contributed by atoms with van der Waals surface area (Å²) in [4.78, 5) is 2.25. The minimum absolute atomic E-state index is 0.549. The lowest BCUT2D eigenvalue weighted by Gasteiger charge is -2.29. The highest BCUT2D eigenvalue weighted by Crippen LogP contribution is 2.46. The van der Waals surface area contributed by atoms with Crippen LogP contribution in [0.25, 0.3) is 0 Å². The van der Waals surface area contributed by atoms with E-state index in [9.17, 15) is 10.4 Å². The molecule has 1 aliphatic rings. The van der Waals surface area contributed by atoms with Crippen LogP contribution in [0, 0.1) is 16.7 Å². The van der Waals surface area contributed by atoms with Gasteiger partial charge >= 0.3 is 0 Å². The lowest BCUT2D eigenvalue weighted by Crippen LogP contribution is -2.26. The maximum atomic E-state index is 10.6. The first-order valence-electron chi connectivity index (χ1n) is 6.90. The van der Waals surface area contributed by atoms with Crippen molar-refractivity contribution >= 4 is 11.3 Å². The van der Waals surface area contributed by atoms with E-state index in [1.165, 1.54) is 17.7 Å². The topological polar surface area (TPSA) is 44.0 Å². The molecule has 1 aromatic rings. The van der Waals surface area contributed by atoms with Gasteiger partial charge in [-0.3, -0.25) is 0 Å². The molecule has 1 atom stereocenters. The first-order valence-corrected chi connectivity index (χ1v) is 7.71. The van der Waals surface area contributed by atoms with E-state index in [4.69, 9.17) is 0 Å². The second-order valence-electron chi connectivity index (χ2n) is 5.24. The van der Waals surface area contributed by atoms with Gasteiger partial charge in [-0.1, -0.05) is 32.6 Å². The Hall–Kier alpha value is -0.850. The molecular formula is C15H21NOS. The number of aliphatic hydroxyl groups is 1. The van der Waals surface area contributed by atoms with Gasteiger partial charge in [-0.2, -0.15) is 5.26 Å². The van der Waals surface area contributed by atoms with Gasteiger partial charge in [0.15, 0.2) is 0 Å². The number of aliphatic hydroxyl groups excluding tert-OH is 1. The normalized spacial score (nSPS) is 20.9. The number of thiophene rings is 1. The predicted octanol–water partition coefficient (Wildman–Crippen LogP) is 4.21. The first-order chi connectivity index (χ1) is 8.72. The second kappa shape index (κ2) is 5.86. The Morgan fingerprint density at radius 2 is 2.00 bits per heavy atom. The molecule has 0 spiro atoms. The SMILES string of the molecule is CCc1ccc(C(O)C2(C#N)CCCCCC2)s1. The van der Waals surface area contributed by atoms with E-state index in [0.29, 0.717) is 0 Å². The van der Waals surface area contributed by atoms with Gasteiger partial charge in [-0.15, -0.1) is 11.3 Å². The zero-order chi connectivity index (χ0) is 13.0. The monoisotopic (exact) mass is 263 g/mol. The molecule has 0 amide bonds. The van der Waals surface area contributed by atoms with Crippen molar-refractivity contribution in [3.63, 3.8) is 0 Å². The molecule has 0 saturated heterocycles. The van der Waals surface area contributed by atoms with Crippen LogP contribution in [0.5, 0.6) is 0 Å². The summed E-state index contributed by atoms with van der Waals surface area (Å²) in [5.74, 6) is 0. The average Bonchev–Trinajstić information content (AvgIpc) is 2.75. The molecule has 0 aromatic carbocycles. The number of nitrogens with zero attached hydrogens (tertiary/aromatic N) is 1. The smallest absolute Gasteiger partial charge is 0.107 e. The van der Waals surface area contributed by atoms with E-state index in [2.05, 4.69) is 19.1 Å². The van der Waals surface area contributed by atoms with E-state index >= 15 is 0 Å². The molecule has 2 nitrogen and oxygen atoms in total. The van der Waals surface area contributed by atoms with Crippen LogP contribution in [0.2, 0.25) is 0 Å². The molecule has 1 aromatic heterocycles. The maximum Gasteiger partial charge on any atom is 0.107 e. The van der Waals surface area contributed by atoms with E-state index in [1.807, 2.05) is 6.07 Å². The molecule has 1 unspecified atom stereocenters. The Morgan fingerprint density at radius 1 is 1.33 bits per heavy atom. The van der Waals surface area contributed by atoms with Gasteiger partial charge in [0.1, 0.15) is 6.10 Å². The van der Waals surface area contributed by atoms with Crippen molar-refractivity contribution < 1.29 is 5.11 Å². The van der Waals surface area contributed by atoms with Crippen LogP contribution < -0.4 is 0 Å². The summed E-state index contributed by atoms with van der Waals surface area (Å²) in [5.41, 5.74) is -0.549. The van der Waals surface area contributed by atoms with Crippen molar-refractivity contribution in [3.8, 4) is 6.07 Å². The minimum Gasteiger partial charge on any atom is -0.386 e. The van der Waals surface area contributed by atoms with Crippen LogP contribution in [0.15, 0.2) is 12.1 Å². The summed E-state index contributed by atoms with van der Waals surface area (Å²) in [7, 11) is 0. The number of nitriles is 1. The summed E-state index contributed by atoms with van der Waals surface area (Å²) in [6.07, 6.45) is 6.59. The van der Waals surface area contributed by atoms with Crippen LogP contribution in [-0.4, -0.2) is 5.11 Å². The highest BCUT2D eigenvalue weighted by Gasteiger charge is 2.39. The molecule has 1 fully saturated rings. The third-order valence-electron chi connectivity index (χ3n) is 4.04. The summed E-state index contributed by atoms with van der Waals surface area (Å²) in [6, 6.07) is 6.51. The summed E-state index contributed by atoms with van der Waals surface area (Å²) in [5, 5.41) is 20.2. The Kier molecular flexibility index (Phi) is 4.42. The van der Waals surface area contributed by atoms with Crippen LogP contribution in [0.3, 0.4) is 0 Å². The van der Waals surface area contributed by atoms with E-state index in [-0.39, 0.29) is 0 Å². The number of aryl methyl sites for hydroxylation is 1. The summed E-state index contributed by atoms with van der Waals surface area (Å²) in [6.45, 7) is 2.12. The van der Waals surface area contributed by atoms with Crippen LogP contribution >= 0.6 is 11.3 Å². The van der Waals surface area contributed by atoms with Gasteiger partial charge in [0.05, 0.1) is 11.5 Å².